The molecule has 0 radical (unpaired) electrons. The van der Waals surface area contributed by atoms with E-state index in [0.29, 0.717) is 23.0 Å². The van der Waals surface area contributed by atoms with Crippen LogP contribution in [0.25, 0.3) is 5.57 Å². The molecule has 0 unspecified atom stereocenters. The van der Waals surface area contributed by atoms with Gasteiger partial charge in [0.2, 0.25) is 0 Å². The second-order valence-corrected chi connectivity index (χ2v) is 3.12. The third kappa shape index (κ3) is 2.73. The van der Waals surface area contributed by atoms with Crippen molar-refractivity contribution in [1.29, 1.82) is 0 Å². The summed E-state index contributed by atoms with van der Waals surface area (Å²) in [4.78, 5) is 14.5. The van der Waals surface area contributed by atoms with E-state index in [1.807, 2.05) is 6.92 Å². The van der Waals surface area contributed by atoms with Gasteiger partial charge in [-0.05, 0) is 37.4 Å². The Morgan fingerprint density at radius 2 is 2.25 bits per heavy atom. The van der Waals surface area contributed by atoms with Crippen molar-refractivity contribution in [2.75, 3.05) is 0 Å². The van der Waals surface area contributed by atoms with Gasteiger partial charge in [0.15, 0.2) is 6.29 Å². The lowest BCUT2D eigenvalue weighted by Crippen LogP contribution is -1.92. The summed E-state index contributed by atoms with van der Waals surface area (Å²) in [6, 6.07) is 4.00. The third-order valence-corrected chi connectivity index (χ3v) is 2.03. The summed E-state index contributed by atoms with van der Waals surface area (Å²) in [7, 11) is 0. The van der Waals surface area contributed by atoms with Crippen molar-refractivity contribution in [3.05, 3.63) is 53.5 Å². The number of aliphatic imine (C=N–C) groups is 1. The van der Waals surface area contributed by atoms with Crippen LogP contribution in [0.4, 0.5) is 4.39 Å². The van der Waals surface area contributed by atoms with E-state index in [0.717, 1.165) is 0 Å². The number of halogens is 1. The number of nitrogens with zero attached hydrogens (tertiary/aromatic N) is 1. The van der Waals surface area contributed by atoms with Gasteiger partial charge in [0.25, 0.3) is 0 Å². The van der Waals surface area contributed by atoms with Crippen LogP contribution in [0, 0.1) is 5.82 Å². The van der Waals surface area contributed by atoms with Crippen LogP contribution in [0.1, 0.15) is 22.8 Å². The Balaban J connectivity index is 3.37. The molecule has 0 aliphatic rings. The molecule has 0 amide bonds. The first kappa shape index (κ1) is 12.0. The highest BCUT2D eigenvalue weighted by Gasteiger charge is 2.06. The van der Waals surface area contributed by atoms with E-state index in [4.69, 9.17) is 0 Å². The molecule has 1 aromatic carbocycles. The molecule has 2 nitrogen and oxygen atoms in total. The summed E-state index contributed by atoms with van der Waals surface area (Å²) in [6.07, 6.45) is 5.71. The predicted octanol–water partition coefficient (Wildman–Crippen LogP) is 3.26. The maximum absolute atomic E-state index is 13.1. The van der Waals surface area contributed by atoms with Gasteiger partial charge in [-0.15, -0.1) is 0 Å². The van der Waals surface area contributed by atoms with Crippen LogP contribution in [-0.2, 0) is 0 Å². The van der Waals surface area contributed by atoms with Crippen molar-refractivity contribution < 1.29 is 9.18 Å². The molecule has 0 fully saturated rings. The van der Waals surface area contributed by atoms with Gasteiger partial charge in [-0.2, -0.15) is 0 Å². The summed E-state index contributed by atoms with van der Waals surface area (Å²) < 4.78 is 13.1. The molecule has 0 bridgehead atoms. The summed E-state index contributed by atoms with van der Waals surface area (Å²) in [5.74, 6) is -0.389. The lowest BCUT2D eigenvalue weighted by molar-refractivity contribution is 0.112. The van der Waals surface area contributed by atoms with Crippen molar-refractivity contribution in [2.24, 2.45) is 4.99 Å². The minimum atomic E-state index is -0.389. The minimum Gasteiger partial charge on any atom is -0.298 e. The topological polar surface area (TPSA) is 29.4 Å². The number of benzene rings is 1. The Kier molecular flexibility index (Phi) is 4.33. The van der Waals surface area contributed by atoms with Gasteiger partial charge in [0, 0.05) is 17.3 Å². The van der Waals surface area contributed by atoms with E-state index in [1.54, 1.807) is 12.2 Å². The molecule has 0 aliphatic carbocycles. The lowest BCUT2D eigenvalue weighted by Gasteiger charge is -2.05. The number of carbonyl (C=O) groups is 1. The molecule has 0 spiro atoms. The van der Waals surface area contributed by atoms with Crippen LogP contribution in [0.15, 0.2) is 41.5 Å². The van der Waals surface area contributed by atoms with Crippen molar-refractivity contribution in [3.63, 3.8) is 0 Å². The molecule has 0 saturated heterocycles. The molecular formula is C13H12FNO. The zero-order chi connectivity index (χ0) is 12.0. The number of aldehydes is 1. The zero-order valence-corrected chi connectivity index (χ0v) is 8.98. The number of rotatable bonds is 4. The van der Waals surface area contributed by atoms with Gasteiger partial charge in [-0.25, -0.2) is 4.39 Å². The molecule has 16 heavy (non-hydrogen) atoms. The van der Waals surface area contributed by atoms with E-state index >= 15 is 0 Å². The second kappa shape index (κ2) is 5.75. The molecule has 0 aromatic heterocycles. The van der Waals surface area contributed by atoms with E-state index in [9.17, 15) is 9.18 Å². The monoisotopic (exact) mass is 217 g/mol. The van der Waals surface area contributed by atoms with Crippen LogP contribution in [0.2, 0.25) is 0 Å². The van der Waals surface area contributed by atoms with Crippen molar-refractivity contribution in [3.8, 4) is 0 Å². The van der Waals surface area contributed by atoms with E-state index < -0.39 is 0 Å². The first-order valence-electron chi connectivity index (χ1n) is 4.76. The summed E-state index contributed by atoms with van der Waals surface area (Å²) in [6.45, 7) is 5.17. The zero-order valence-electron chi connectivity index (χ0n) is 8.98. The molecule has 3 heteroatoms. The molecule has 0 heterocycles. The van der Waals surface area contributed by atoms with Gasteiger partial charge in [-0.1, -0.05) is 12.2 Å². The Bertz CT molecular complexity index is 461. The first-order chi connectivity index (χ1) is 7.72. The SMILES string of the molecule is C=N/C=C(\C=C/C)c1cc(F)ccc1C=O. The van der Waals surface area contributed by atoms with Gasteiger partial charge in [0.05, 0.1) is 0 Å². The predicted molar refractivity (Wildman–Crippen MR) is 64.1 cm³/mol. The van der Waals surface area contributed by atoms with Crippen molar-refractivity contribution >= 4 is 18.6 Å². The normalized spacial score (nSPS) is 11.8. The average molecular weight is 217 g/mol. The molecule has 1 rings (SSSR count). The summed E-state index contributed by atoms with van der Waals surface area (Å²) in [5, 5.41) is 0. The molecular weight excluding hydrogens is 205 g/mol. The number of allylic oxidation sites excluding steroid dienone is 3. The molecule has 0 atom stereocenters. The second-order valence-electron chi connectivity index (χ2n) is 3.12. The van der Waals surface area contributed by atoms with Crippen molar-refractivity contribution in [2.45, 2.75) is 6.92 Å². The smallest absolute Gasteiger partial charge is 0.150 e. The fourth-order valence-electron chi connectivity index (χ4n) is 1.36. The molecule has 0 aliphatic heterocycles. The van der Waals surface area contributed by atoms with E-state index in [-0.39, 0.29) is 5.82 Å². The van der Waals surface area contributed by atoms with Crippen LogP contribution < -0.4 is 0 Å². The molecule has 82 valence electrons. The van der Waals surface area contributed by atoms with Crippen molar-refractivity contribution in [1.82, 2.24) is 0 Å². The lowest BCUT2D eigenvalue weighted by atomic mass is 10.0. The standard InChI is InChI=1S/C13H12FNO/c1-3-4-10(8-15-2)13-7-12(14)6-5-11(13)9-16/h3-9H,2H2,1H3/b4-3-,10-8+. The summed E-state index contributed by atoms with van der Waals surface area (Å²) in [5.41, 5.74) is 1.59. The maximum atomic E-state index is 13.1. The molecule has 0 N–H and O–H groups in total. The van der Waals surface area contributed by atoms with Gasteiger partial charge < -0.3 is 0 Å². The van der Waals surface area contributed by atoms with Crippen LogP contribution in [-0.4, -0.2) is 13.0 Å². The number of carbonyl (C=O) groups excluding carboxylic acids is 1. The molecule has 0 saturated carbocycles. The molecule has 1 aromatic rings. The highest BCUT2D eigenvalue weighted by molar-refractivity contribution is 5.88. The van der Waals surface area contributed by atoms with E-state index in [2.05, 4.69) is 11.7 Å². The Hall–Kier alpha value is -2.03. The van der Waals surface area contributed by atoms with Gasteiger partial charge in [0.1, 0.15) is 5.82 Å². The van der Waals surface area contributed by atoms with E-state index in [1.165, 1.54) is 24.4 Å². The third-order valence-electron chi connectivity index (χ3n) is 2.03. The highest BCUT2D eigenvalue weighted by Crippen LogP contribution is 2.21. The first-order valence-corrected chi connectivity index (χ1v) is 4.76. The Labute approximate surface area is 93.8 Å². The van der Waals surface area contributed by atoms with Crippen LogP contribution in [0.5, 0.6) is 0 Å². The van der Waals surface area contributed by atoms with Gasteiger partial charge in [-0.3, -0.25) is 9.79 Å². The quantitative estimate of drug-likeness (QED) is 0.432. The highest BCUT2D eigenvalue weighted by atomic mass is 19.1. The Morgan fingerprint density at radius 3 is 2.81 bits per heavy atom. The number of hydrogen-bond acceptors (Lipinski definition) is 2. The minimum absolute atomic E-state index is 0.389. The van der Waals surface area contributed by atoms with Gasteiger partial charge >= 0.3 is 0 Å². The van der Waals surface area contributed by atoms with Crippen LogP contribution in [0.3, 0.4) is 0 Å². The fourth-order valence-corrected chi connectivity index (χ4v) is 1.36. The fraction of sp³-hybridized carbons (Fsp3) is 0.0769. The Morgan fingerprint density at radius 1 is 1.50 bits per heavy atom. The maximum Gasteiger partial charge on any atom is 0.150 e. The average Bonchev–Trinajstić information content (AvgIpc) is 2.29. The van der Waals surface area contributed by atoms with Crippen LogP contribution >= 0.6 is 0 Å². The summed E-state index contributed by atoms with van der Waals surface area (Å²) >= 11 is 0. The largest absolute Gasteiger partial charge is 0.298 e. The number of hydrogen-bond donors (Lipinski definition) is 0.